The molecule has 0 heterocycles. The molecule has 0 aromatic heterocycles. The Kier molecular flexibility index (Phi) is 6.02. The molecule has 0 aliphatic heterocycles. The lowest BCUT2D eigenvalue weighted by atomic mass is 10.2. The Balaban J connectivity index is 1.98. The van der Waals surface area contributed by atoms with Crippen LogP contribution >= 0.6 is 51.3 Å². The third-order valence-corrected chi connectivity index (χ3v) is 3.77. The van der Waals surface area contributed by atoms with E-state index in [1.165, 1.54) is 6.21 Å². The smallest absolute Gasteiger partial charge is 0.191 e. The largest absolute Gasteiger partial charge is 0.507 e. The molecule has 8 heteroatoms. The molecule has 22 heavy (non-hydrogen) atoms. The van der Waals surface area contributed by atoms with Crippen molar-refractivity contribution in [2.75, 3.05) is 5.32 Å². The quantitative estimate of drug-likeness (QED) is 0.381. The second kappa shape index (κ2) is 7.78. The summed E-state index contributed by atoms with van der Waals surface area (Å²) in [5.74, 6) is 0.119. The van der Waals surface area contributed by atoms with Gasteiger partial charge in [-0.25, -0.2) is 0 Å². The molecule has 4 nitrogen and oxygen atoms in total. The third-order valence-electron chi connectivity index (χ3n) is 2.54. The van der Waals surface area contributed by atoms with Gasteiger partial charge < -0.3 is 10.4 Å². The predicted molar refractivity (Wildman–Crippen MR) is 99.2 cm³/mol. The van der Waals surface area contributed by atoms with Gasteiger partial charge in [-0.3, -0.25) is 5.43 Å². The Morgan fingerprint density at radius 3 is 2.73 bits per heavy atom. The second-order valence-corrected chi connectivity index (χ2v) is 6.32. The standard InChI is InChI=1S/C14H10BrCl2N3OS/c15-9-1-4-13(21)8(5-9)7-18-20-14(22)19-12-3-2-10(16)6-11(12)17/h1-7,21H,(H2,19,20,22)/b18-7+. The zero-order chi connectivity index (χ0) is 16.1. The van der Waals surface area contributed by atoms with E-state index in [0.29, 0.717) is 21.3 Å². The third kappa shape index (κ3) is 4.84. The number of hydrogen-bond donors (Lipinski definition) is 3. The van der Waals surface area contributed by atoms with Crippen molar-refractivity contribution in [1.82, 2.24) is 5.43 Å². The molecule has 2 rings (SSSR count). The van der Waals surface area contributed by atoms with Crippen LogP contribution < -0.4 is 10.7 Å². The average Bonchev–Trinajstić information content (AvgIpc) is 2.46. The number of nitrogens with zero attached hydrogens (tertiary/aromatic N) is 1. The molecular formula is C14H10BrCl2N3OS. The van der Waals surface area contributed by atoms with Gasteiger partial charge in [-0.1, -0.05) is 39.1 Å². The number of halogens is 3. The van der Waals surface area contributed by atoms with Crippen LogP contribution in [-0.4, -0.2) is 16.4 Å². The van der Waals surface area contributed by atoms with Crippen LogP contribution in [0, 0.1) is 0 Å². The number of benzene rings is 2. The molecule has 0 amide bonds. The first-order valence-corrected chi connectivity index (χ1v) is 7.95. The van der Waals surface area contributed by atoms with Gasteiger partial charge in [0.2, 0.25) is 0 Å². The molecule has 0 fully saturated rings. The molecule has 3 N–H and O–H groups in total. The van der Waals surface area contributed by atoms with Crippen molar-refractivity contribution < 1.29 is 5.11 Å². The Hall–Kier alpha value is -1.34. The van der Waals surface area contributed by atoms with Gasteiger partial charge in [-0.15, -0.1) is 0 Å². The van der Waals surface area contributed by atoms with E-state index in [1.807, 2.05) is 0 Å². The predicted octanol–water partition coefficient (Wildman–Crippen LogP) is 4.78. The maximum atomic E-state index is 9.68. The van der Waals surface area contributed by atoms with Crippen LogP contribution in [0.25, 0.3) is 0 Å². The molecule has 0 saturated carbocycles. The summed E-state index contributed by atoms with van der Waals surface area (Å²) in [6, 6.07) is 10.0. The number of aromatic hydroxyl groups is 1. The number of nitrogens with one attached hydrogen (secondary N) is 2. The maximum Gasteiger partial charge on any atom is 0.191 e. The van der Waals surface area contributed by atoms with Gasteiger partial charge in [0.05, 0.1) is 16.9 Å². The minimum Gasteiger partial charge on any atom is -0.507 e. The summed E-state index contributed by atoms with van der Waals surface area (Å²) in [5, 5.41) is 17.8. The molecule has 2 aromatic rings. The number of anilines is 1. The number of hydrazone groups is 1. The van der Waals surface area contributed by atoms with Crippen molar-refractivity contribution in [1.29, 1.82) is 0 Å². The molecular weight excluding hydrogens is 409 g/mol. The van der Waals surface area contributed by atoms with E-state index in [1.54, 1.807) is 36.4 Å². The highest BCUT2D eigenvalue weighted by atomic mass is 79.9. The van der Waals surface area contributed by atoms with Crippen LogP contribution in [0.15, 0.2) is 46.0 Å². The fourth-order valence-electron chi connectivity index (χ4n) is 1.53. The van der Waals surface area contributed by atoms with Crippen molar-refractivity contribution >= 4 is 68.4 Å². The SMILES string of the molecule is Oc1ccc(Br)cc1/C=N/NC(=S)Nc1ccc(Cl)cc1Cl. The summed E-state index contributed by atoms with van der Waals surface area (Å²) in [4.78, 5) is 0. The Morgan fingerprint density at radius 2 is 2.00 bits per heavy atom. The summed E-state index contributed by atoms with van der Waals surface area (Å²) in [6.07, 6.45) is 1.46. The summed E-state index contributed by atoms with van der Waals surface area (Å²) in [7, 11) is 0. The van der Waals surface area contributed by atoms with E-state index in [2.05, 4.69) is 31.8 Å². The van der Waals surface area contributed by atoms with Crippen LogP contribution in [0.3, 0.4) is 0 Å². The normalized spacial score (nSPS) is 10.7. The lowest BCUT2D eigenvalue weighted by Gasteiger charge is -2.09. The molecule has 0 unspecified atom stereocenters. The number of hydrogen-bond acceptors (Lipinski definition) is 3. The molecule has 0 bridgehead atoms. The lowest BCUT2D eigenvalue weighted by Crippen LogP contribution is -2.24. The molecule has 0 atom stereocenters. The van der Waals surface area contributed by atoms with Crippen molar-refractivity contribution in [3.8, 4) is 5.75 Å². The molecule has 0 aliphatic rings. The van der Waals surface area contributed by atoms with Crippen molar-refractivity contribution in [3.63, 3.8) is 0 Å². The molecule has 0 saturated heterocycles. The van der Waals surface area contributed by atoms with E-state index in [9.17, 15) is 5.11 Å². The van der Waals surface area contributed by atoms with Crippen LogP contribution in [0.4, 0.5) is 5.69 Å². The van der Waals surface area contributed by atoms with Gasteiger partial charge in [-0.05, 0) is 48.6 Å². The maximum absolute atomic E-state index is 9.68. The van der Waals surface area contributed by atoms with Gasteiger partial charge in [-0.2, -0.15) is 5.10 Å². The zero-order valence-corrected chi connectivity index (χ0v) is 14.9. The van der Waals surface area contributed by atoms with E-state index in [4.69, 9.17) is 35.4 Å². The molecule has 2 aromatic carbocycles. The molecule has 114 valence electrons. The number of phenolic OH excluding ortho intramolecular Hbond substituents is 1. The van der Waals surface area contributed by atoms with E-state index in [-0.39, 0.29) is 10.9 Å². The van der Waals surface area contributed by atoms with Gasteiger partial charge >= 0.3 is 0 Å². The first-order valence-electron chi connectivity index (χ1n) is 5.99. The van der Waals surface area contributed by atoms with E-state index < -0.39 is 0 Å². The summed E-state index contributed by atoms with van der Waals surface area (Å²) in [5.41, 5.74) is 3.80. The van der Waals surface area contributed by atoms with E-state index >= 15 is 0 Å². The van der Waals surface area contributed by atoms with Gasteiger partial charge in [0.25, 0.3) is 0 Å². The first-order chi connectivity index (χ1) is 10.5. The first kappa shape index (κ1) is 17.0. The molecule has 0 aliphatic carbocycles. The number of rotatable bonds is 3. The topological polar surface area (TPSA) is 56.7 Å². The Labute approximate surface area is 151 Å². The van der Waals surface area contributed by atoms with E-state index in [0.717, 1.165) is 4.47 Å². The minimum atomic E-state index is 0.119. The fourth-order valence-corrected chi connectivity index (χ4v) is 2.53. The van der Waals surface area contributed by atoms with Gasteiger partial charge in [0, 0.05) is 15.1 Å². The fraction of sp³-hybridized carbons (Fsp3) is 0. The van der Waals surface area contributed by atoms with Crippen LogP contribution in [0.2, 0.25) is 10.0 Å². The highest BCUT2D eigenvalue weighted by molar-refractivity contribution is 9.10. The lowest BCUT2D eigenvalue weighted by molar-refractivity contribution is 0.474. The van der Waals surface area contributed by atoms with Crippen LogP contribution in [-0.2, 0) is 0 Å². The summed E-state index contributed by atoms with van der Waals surface area (Å²) in [6.45, 7) is 0. The van der Waals surface area contributed by atoms with Crippen molar-refractivity contribution in [2.24, 2.45) is 5.10 Å². The minimum absolute atomic E-state index is 0.119. The highest BCUT2D eigenvalue weighted by Crippen LogP contribution is 2.25. The van der Waals surface area contributed by atoms with Crippen molar-refractivity contribution in [3.05, 3.63) is 56.5 Å². The molecule has 0 spiro atoms. The number of phenols is 1. The van der Waals surface area contributed by atoms with Crippen LogP contribution in [0.5, 0.6) is 5.75 Å². The monoisotopic (exact) mass is 417 g/mol. The van der Waals surface area contributed by atoms with Gasteiger partial charge in [0.15, 0.2) is 5.11 Å². The molecule has 0 radical (unpaired) electrons. The van der Waals surface area contributed by atoms with Crippen molar-refractivity contribution in [2.45, 2.75) is 0 Å². The van der Waals surface area contributed by atoms with Gasteiger partial charge in [0.1, 0.15) is 5.75 Å². The Bertz CT molecular complexity index is 740. The summed E-state index contributed by atoms with van der Waals surface area (Å²) >= 11 is 20.3. The summed E-state index contributed by atoms with van der Waals surface area (Å²) < 4.78 is 0.834. The number of thiocarbonyl (C=S) groups is 1. The van der Waals surface area contributed by atoms with Crippen LogP contribution in [0.1, 0.15) is 5.56 Å². The second-order valence-electron chi connectivity index (χ2n) is 4.15. The highest BCUT2D eigenvalue weighted by Gasteiger charge is 2.03. The average molecular weight is 419 g/mol. The zero-order valence-electron chi connectivity index (χ0n) is 11.0. The Morgan fingerprint density at radius 1 is 1.23 bits per heavy atom.